The van der Waals surface area contributed by atoms with E-state index in [1.165, 1.54) is 0 Å². The zero-order chi connectivity index (χ0) is 21.3. The van der Waals surface area contributed by atoms with Crippen LogP contribution in [0.5, 0.6) is 0 Å². The fourth-order valence-electron chi connectivity index (χ4n) is 4.70. The molecule has 0 aromatic heterocycles. The van der Waals surface area contributed by atoms with Crippen molar-refractivity contribution in [1.29, 1.82) is 0 Å². The third kappa shape index (κ3) is 8.07. The fraction of sp³-hybridized carbons (Fsp3) is 0.917. The first-order valence-electron chi connectivity index (χ1n) is 12.2. The molecule has 7 nitrogen and oxygen atoms in total. The monoisotopic (exact) mass is 444 g/mol. The second kappa shape index (κ2) is 13.9. The Kier molecular flexibility index (Phi) is 12.0. The second-order valence-electron chi connectivity index (χ2n) is 9.24. The Labute approximate surface area is 187 Å². The second-order valence-corrected chi connectivity index (χ2v) is 9.24. The quantitative estimate of drug-likeness (QED) is 0.501. The maximum absolute atomic E-state index is 10.6. The van der Waals surface area contributed by atoms with Gasteiger partial charge in [0.2, 0.25) is 0 Å². The highest BCUT2D eigenvalue weighted by molar-refractivity contribution is 5.06. The number of hydrogen-bond acceptors (Lipinski definition) is 6. The van der Waals surface area contributed by atoms with E-state index in [4.69, 9.17) is 18.9 Å². The highest BCUT2D eigenvalue weighted by atomic mass is 16.7. The van der Waals surface area contributed by atoms with Gasteiger partial charge < -0.3 is 34.6 Å². The minimum absolute atomic E-state index is 0. The Morgan fingerprint density at radius 3 is 2.32 bits per heavy atom. The lowest BCUT2D eigenvalue weighted by molar-refractivity contribution is -0.194. The number of unbranched alkanes of at least 4 members (excludes halogenated alkanes) is 1. The fourth-order valence-corrected chi connectivity index (χ4v) is 4.70. The zero-order valence-corrected chi connectivity index (χ0v) is 19.3. The Morgan fingerprint density at radius 1 is 1.03 bits per heavy atom. The van der Waals surface area contributed by atoms with Crippen molar-refractivity contribution < 1.29 is 34.6 Å². The average Bonchev–Trinajstić information content (AvgIpc) is 3.03. The van der Waals surface area contributed by atoms with Gasteiger partial charge in [-0.05, 0) is 50.9 Å². The summed E-state index contributed by atoms with van der Waals surface area (Å²) in [6.07, 6.45) is 11.8. The number of hydrogen-bond donors (Lipinski definition) is 2. The van der Waals surface area contributed by atoms with Crippen molar-refractivity contribution in [3.63, 3.8) is 0 Å². The van der Waals surface area contributed by atoms with Gasteiger partial charge in [-0.2, -0.15) is 0 Å². The summed E-state index contributed by atoms with van der Waals surface area (Å²) in [6, 6.07) is 0. The molecule has 0 bridgehead atoms. The molecule has 3 unspecified atom stereocenters. The Bertz CT molecular complexity index is 502. The number of rotatable bonds is 10. The first kappa shape index (κ1) is 26.7. The van der Waals surface area contributed by atoms with Gasteiger partial charge in [-0.3, -0.25) is 0 Å². The Balaban J connectivity index is 0.00000341. The van der Waals surface area contributed by atoms with E-state index in [1.54, 1.807) is 0 Å². The minimum Gasteiger partial charge on any atom is -0.412 e. The minimum atomic E-state index is -0.827. The van der Waals surface area contributed by atoms with Crippen molar-refractivity contribution in [3.8, 4) is 0 Å². The number of aliphatic hydroxyl groups is 2. The molecule has 1 aliphatic carbocycles. The smallest absolute Gasteiger partial charge is 0.158 e. The van der Waals surface area contributed by atoms with E-state index >= 15 is 0 Å². The van der Waals surface area contributed by atoms with Gasteiger partial charge in [-0.15, -0.1) is 0 Å². The molecule has 2 saturated heterocycles. The molecule has 3 fully saturated rings. The zero-order valence-electron chi connectivity index (χ0n) is 19.3. The van der Waals surface area contributed by atoms with Crippen LogP contribution in [0, 0.1) is 11.8 Å². The van der Waals surface area contributed by atoms with Gasteiger partial charge >= 0.3 is 0 Å². The van der Waals surface area contributed by atoms with Crippen LogP contribution < -0.4 is 0 Å². The van der Waals surface area contributed by atoms with Crippen molar-refractivity contribution in [2.45, 2.75) is 115 Å². The van der Waals surface area contributed by atoms with Crippen LogP contribution >= 0.6 is 0 Å². The molecule has 0 amide bonds. The first-order valence-corrected chi connectivity index (χ1v) is 12.2. The van der Waals surface area contributed by atoms with E-state index in [-0.39, 0.29) is 36.2 Å². The summed E-state index contributed by atoms with van der Waals surface area (Å²) >= 11 is 0. The summed E-state index contributed by atoms with van der Waals surface area (Å²) in [5, 5.41) is 20.8. The summed E-state index contributed by atoms with van der Waals surface area (Å²) in [5.74, 6) is 0.0958. The van der Waals surface area contributed by atoms with Gasteiger partial charge in [0, 0.05) is 25.6 Å². The first-order chi connectivity index (χ1) is 14.6. The molecule has 0 radical (unpaired) electrons. The molecule has 3 rings (SSSR count). The maximum Gasteiger partial charge on any atom is 0.158 e. The lowest BCUT2D eigenvalue weighted by atomic mass is 9.95. The molecular formula is C24H44O7. The van der Waals surface area contributed by atoms with Gasteiger partial charge in [0.05, 0.1) is 24.4 Å². The molecule has 8 atom stereocenters. The standard InChI is InChI=1S/C24H42O6.H2O/c1-3-4-9-17(2)20(29-22-10-5-7-14-27-22)13-12-18-21(16-19(25)24(18)26)30-23-11-6-8-15-28-23;/h12-13,17-26H,3-11,14-16H2,1-2H3;1H2/t17?,18-,19-,20+,21+,22?,23?,24+;/m0./s1. The van der Waals surface area contributed by atoms with Crippen LogP contribution in [-0.4, -0.2) is 65.9 Å². The van der Waals surface area contributed by atoms with Gasteiger partial charge in [0.1, 0.15) is 0 Å². The highest BCUT2D eigenvalue weighted by Gasteiger charge is 2.42. The normalized spacial score (nSPS) is 36.3. The Hall–Kier alpha value is -0.540. The molecule has 7 heteroatoms. The third-order valence-corrected chi connectivity index (χ3v) is 6.70. The molecule has 0 spiro atoms. The van der Waals surface area contributed by atoms with E-state index in [1.807, 2.05) is 6.08 Å². The molecule has 1 saturated carbocycles. The summed E-state index contributed by atoms with van der Waals surface area (Å²) in [4.78, 5) is 0. The van der Waals surface area contributed by atoms with Crippen molar-refractivity contribution in [3.05, 3.63) is 12.2 Å². The van der Waals surface area contributed by atoms with E-state index in [0.717, 1.165) is 71.0 Å². The predicted octanol–water partition coefficient (Wildman–Crippen LogP) is 3.11. The molecule has 0 aromatic rings. The van der Waals surface area contributed by atoms with E-state index < -0.39 is 12.2 Å². The van der Waals surface area contributed by atoms with Gasteiger partial charge in [0.25, 0.3) is 0 Å². The highest BCUT2D eigenvalue weighted by Crippen LogP contribution is 2.33. The average molecular weight is 445 g/mol. The van der Waals surface area contributed by atoms with Crippen LogP contribution in [0.25, 0.3) is 0 Å². The summed E-state index contributed by atoms with van der Waals surface area (Å²) in [7, 11) is 0. The SMILES string of the molecule is CCCCC(C)[C@@H](C=C[C@@H]1[C@@H](O)[C@@H](O)C[C@H]1OC1CCCCO1)OC1CCCCO1.O. The van der Waals surface area contributed by atoms with Gasteiger partial charge in [-0.1, -0.05) is 38.8 Å². The number of aliphatic hydroxyl groups excluding tert-OH is 2. The maximum atomic E-state index is 10.6. The molecule has 2 heterocycles. The molecule has 4 N–H and O–H groups in total. The lowest BCUT2D eigenvalue weighted by Gasteiger charge is -2.30. The molecule has 3 aliphatic rings. The predicted molar refractivity (Wildman–Crippen MR) is 118 cm³/mol. The summed E-state index contributed by atoms with van der Waals surface area (Å²) < 4.78 is 24.0. The number of ether oxygens (including phenoxy) is 4. The molecule has 182 valence electrons. The topological polar surface area (TPSA) is 109 Å². The molecule has 31 heavy (non-hydrogen) atoms. The largest absolute Gasteiger partial charge is 0.412 e. The van der Waals surface area contributed by atoms with Crippen molar-refractivity contribution in [2.75, 3.05) is 13.2 Å². The van der Waals surface area contributed by atoms with Gasteiger partial charge in [-0.25, -0.2) is 0 Å². The molecule has 2 aliphatic heterocycles. The molecular weight excluding hydrogens is 400 g/mol. The van der Waals surface area contributed by atoms with Crippen LogP contribution in [0.1, 0.15) is 78.1 Å². The van der Waals surface area contributed by atoms with Gasteiger partial charge in [0.15, 0.2) is 12.6 Å². The van der Waals surface area contributed by atoms with Crippen LogP contribution in [0.15, 0.2) is 12.2 Å². The summed E-state index contributed by atoms with van der Waals surface area (Å²) in [5.41, 5.74) is 0. The molecule has 0 aromatic carbocycles. The third-order valence-electron chi connectivity index (χ3n) is 6.70. The van der Waals surface area contributed by atoms with Crippen molar-refractivity contribution in [2.24, 2.45) is 11.8 Å². The lowest BCUT2D eigenvalue weighted by Crippen LogP contribution is -2.33. The van der Waals surface area contributed by atoms with Crippen LogP contribution in [-0.2, 0) is 18.9 Å². The van der Waals surface area contributed by atoms with Crippen molar-refractivity contribution in [1.82, 2.24) is 0 Å². The summed E-state index contributed by atoms with van der Waals surface area (Å²) in [6.45, 7) is 5.90. The van der Waals surface area contributed by atoms with Crippen LogP contribution in [0.3, 0.4) is 0 Å². The van der Waals surface area contributed by atoms with E-state index in [2.05, 4.69) is 19.9 Å². The van der Waals surface area contributed by atoms with Crippen LogP contribution in [0.4, 0.5) is 0 Å². The van der Waals surface area contributed by atoms with E-state index in [0.29, 0.717) is 12.3 Å². The van der Waals surface area contributed by atoms with E-state index in [9.17, 15) is 10.2 Å². The van der Waals surface area contributed by atoms with Crippen molar-refractivity contribution >= 4 is 0 Å². The Morgan fingerprint density at radius 2 is 1.71 bits per heavy atom. The van der Waals surface area contributed by atoms with Crippen LogP contribution in [0.2, 0.25) is 0 Å².